The number of Topliss-reactive ketones (excluding diaryl/α,β-unsaturated/α-hetero) is 1. The van der Waals surface area contributed by atoms with Gasteiger partial charge in [-0.05, 0) is 25.5 Å². The van der Waals surface area contributed by atoms with Crippen LogP contribution in [0.1, 0.15) is 34.1 Å². The first-order chi connectivity index (χ1) is 9.03. The zero-order valence-corrected chi connectivity index (χ0v) is 12.1. The van der Waals surface area contributed by atoms with E-state index in [4.69, 9.17) is 9.84 Å². The zero-order chi connectivity index (χ0) is 15.3. The third-order valence-corrected chi connectivity index (χ3v) is 4.44. The molecule has 2 rings (SSSR count). The van der Waals surface area contributed by atoms with Crippen molar-refractivity contribution in [3.8, 4) is 0 Å². The summed E-state index contributed by atoms with van der Waals surface area (Å²) in [5.74, 6) is -1.03. The van der Waals surface area contributed by atoms with Crippen molar-refractivity contribution >= 4 is 11.8 Å². The second-order valence-electron chi connectivity index (χ2n) is 6.46. The van der Waals surface area contributed by atoms with Crippen LogP contribution in [0.25, 0.3) is 0 Å². The Hall–Kier alpha value is -1.46. The number of hydrogen-bond acceptors (Lipinski definition) is 4. The molecule has 1 saturated carbocycles. The first-order valence-electron chi connectivity index (χ1n) is 6.57. The summed E-state index contributed by atoms with van der Waals surface area (Å²) in [7, 11) is 0. The highest BCUT2D eigenvalue weighted by atomic mass is 16.6. The number of hydrogen-bond donors (Lipinski definition) is 2. The van der Waals surface area contributed by atoms with Crippen LogP contribution in [0.5, 0.6) is 0 Å². The number of ether oxygens (including phenoxy) is 1. The van der Waals surface area contributed by atoms with Gasteiger partial charge in [0.1, 0.15) is 17.3 Å². The lowest BCUT2D eigenvalue weighted by atomic mass is 9.60. The molecule has 0 aromatic rings. The van der Waals surface area contributed by atoms with Gasteiger partial charge in [-0.1, -0.05) is 19.9 Å². The summed E-state index contributed by atoms with van der Waals surface area (Å²) in [6, 6.07) is 0. The number of carboxylic acid groups (broad SMARTS) is 1. The fraction of sp³-hybridized carbons (Fsp3) is 0.600. The molecular weight excluding hydrogens is 260 g/mol. The summed E-state index contributed by atoms with van der Waals surface area (Å²) >= 11 is 0. The number of aliphatic hydroxyl groups is 1. The molecule has 0 unspecified atom stereocenters. The summed E-state index contributed by atoms with van der Waals surface area (Å²) in [5.41, 5.74) is -2.40. The average molecular weight is 280 g/mol. The molecule has 0 amide bonds. The molecule has 2 fully saturated rings. The van der Waals surface area contributed by atoms with Crippen molar-refractivity contribution in [2.75, 3.05) is 0 Å². The van der Waals surface area contributed by atoms with Crippen LogP contribution in [0, 0.1) is 5.41 Å². The molecule has 1 aliphatic carbocycles. The van der Waals surface area contributed by atoms with Crippen LogP contribution >= 0.6 is 0 Å². The average Bonchev–Trinajstić information content (AvgIpc) is 2.97. The van der Waals surface area contributed by atoms with E-state index in [9.17, 15) is 14.7 Å². The molecule has 1 aliphatic heterocycles. The molecule has 110 valence electrons. The largest absolute Gasteiger partial charge is 0.478 e. The lowest BCUT2D eigenvalue weighted by molar-refractivity contribution is -0.134. The van der Waals surface area contributed by atoms with Gasteiger partial charge in [0.05, 0.1) is 0 Å². The van der Waals surface area contributed by atoms with Gasteiger partial charge in [-0.2, -0.15) is 0 Å². The van der Waals surface area contributed by atoms with Crippen LogP contribution in [0.4, 0.5) is 0 Å². The van der Waals surface area contributed by atoms with Gasteiger partial charge >= 0.3 is 5.97 Å². The molecule has 0 bridgehead atoms. The molecule has 2 aliphatic rings. The number of fused-ring (bicyclic) bond motifs is 1. The van der Waals surface area contributed by atoms with Gasteiger partial charge in [-0.25, -0.2) is 4.79 Å². The van der Waals surface area contributed by atoms with Gasteiger partial charge in [0, 0.05) is 17.9 Å². The molecule has 0 radical (unpaired) electrons. The Morgan fingerprint density at radius 2 is 2.00 bits per heavy atom. The van der Waals surface area contributed by atoms with E-state index in [0.29, 0.717) is 5.57 Å². The van der Waals surface area contributed by atoms with Crippen molar-refractivity contribution in [3.05, 3.63) is 23.8 Å². The SMILES string of the molecule is CC(=C/C(=O)O)/C=C/[C@]1(O)C(C)(C)CC(=O)[C@H]2O[C@]21C. The maximum atomic E-state index is 11.9. The second-order valence-corrected chi connectivity index (χ2v) is 6.46. The van der Waals surface area contributed by atoms with Crippen molar-refractivity contribution in [3.63, 3.8) is 0 Å². The first-order valence-corrected chi connectivity index (χ1v) is 6.57. The highest BCUT2D eigenvalue weighted by Crippen LogP contribution is 2.59. The molecule has 0 aromatic heterocycles. The van der Waals surface area contributed by atoms with E-state index in [1.54, 1.807) is 26.0 Å². The molecule has 0 spiro atoms. The highest BCUT2D eigenvalue weighted by Gasteiger charge is 2.75. The normalized spacial score (nSPS) is 39.8. The molecular formula is C15H20O5. The molecule has 5 heteroatoms. The van der Waals surface area contributed by atoms with Crippen molar-refractivity contribution in [2.45, 2.75) is 51.4 Å². The first kappa shape index (κ1) is 14.9. The molecule has 2 N–H and O–H groups in total. The van der Waals surface area contributed by atoms with Gasteiger partial charge in [0.25, 0.3) is 0 Å². The molecule has 1 saturated heterocycles. The van der Waals surface area contributed by atoms with Gasteiger partial charge in [0.2, 0.25) is 0 Å². The quantitative estimate of drug-likeness (QED) is 0.464. The number of allylic oxidation sites excluding steroid dienone is 2. The Labute approximate surface area is 117 Å². The Kier molecular flexibility index (Phi) is 3.19. The number of rotatable bonds is 3. The Bertz CT molecular complexity index is 524. The molecule has 5 nitrogen and oxygen atoms in total. The van der Waals surface area contributed by atoms with E-state index < -0.39 is 28.7 Å². The van der Waals surface area contributed by atoms with Crippen LogP contribution in [-0.4, -0.2) is 39.3 Å². The molecule has 20 heavy (non-hydrogen) atoms. The smallest absolute Gasteiger partial charge is 0.328 e. The third kappa shape index (κ3) is 2.01. The van der Waals surface area contributed by atoms with Crippen molar-refractivity contribution in [1.29, 1.82) is 0 Å². The number of carbonyl (C=O) groups excluding carboxylic acids is 1. The zero-order valence-electron chi connectivity index (χ0n) is 12.1. The monoisotopic (exact) mass is 280 g/mol. The Morgan fingerprint density at radius 3 is 2.55 bits per heavy atom. The number of carboxylic acids is 1. The van der Waals surface area contributed by atoms with Crippen LogP contribution in [-0.2, 0) is 14.3 Å². The van der Waals surface area contributed by atoms with E-state index >= 15 is 0 Å². The van der Waals surface area contributed by atoms with Crippen molar-refractivity contribution in [1.82, 2.24) is 0 Å². The summed E-state index contributed by atoms with van der Waals surface area (Å²) < 4.78 is 5.46. The summed E-state index contributed by atoms with van der Waals surface area (Å²) in [5, 5.41) is 19.7. The summed E-state index contributed by atoms with van der Waals surface area (Å²) in [4.78, 5) is 22.5. The van der Waals surface area contributed by atoms with Gasteiger partial charge < -0.3 is 14.9 Å². The minimum atomic E-state index is -1.31. The van der Waals surface area contributed by atoms with Crippen molar-refractivity contribution < 1.29 is 24.5 Å². The topological polar surface area (TPSA) is 87.1 Å². The third-order valence-electron chi connectivity index (χ3n) is 4.44. The maximum absolute atomic E-state index is 11.9. The summed E-state index contributed by atoms with van der Waals surface area (Å²) in [6.45, 7) is 6.99. The number of epoxide rings is 1. The predicted octanol–water partition coefficient (Wildman–Crippen LogP) is 1.46. The molecule has 1 heterocycles. The van der Waals surface area contributed by atoms with Crippen LogP contribution in [0.3, 0.4) is 0 Å². The summed E-state index contributed by atoms with van der Waals surface area (Å²) in [6.07, 6.45) is 3.86. The fourth-order valence-corrected chi connectivity index (χ4v) is 3.09. The molecule has 0 aromatic carbocycles. The highest BCUT2D eigenvalue weighted by molar-refractivity contribution is 5.90. The lowest BCUT2D eigenvalue weighted by Gasteiger charge is -2.46. The van der Waals surface area contributed by atoms with Gasteiger partial charge in [-0.3, -0.25) is 4.79 Å². The second kappa shape index (κ2) is 4.27. The van der Waals surface area contributed by atoms with E-state index in [0.717, 1.165) is 6.08 Å². The fourth-order valence-electron chi connectivity index (χ4n) is 3.09. The van der Waals surface area contributed by atoms with E-state index in [2.05, 4.69) is 0 Å². The number of aliphatic carboxylic acids is 1. The lowest BCUT2D eigenvalue weighted by Crippen LogP contribution is -2.59. The minimum Gasteiger partial charge on any atom is -0.478 e. The number of ketones is 1. The minimum absolute atomic E-state index is 0.00775. The van der Waals surface area contributed by atoms with Crippen LogP contribution < -0.4 is 0 Å². The van der Waals surface area contributed by atoms with E-state index in [-0.39, 0.29) is 12.2 Å². The van der Waals surface area contributed by atoms with Crippen LogP contribution in [0.2, 0.25) is 0 Å². The van der Waals surface area contributed by atoms with Crippen molar-refractivity contribution in [2.24, 2.45) is 5.41 Å². The predicted molar refractivity (Wildman–Crippen MR) is 72.2 cm³/mol. The Morgan fingerprint density at radius 1 is 1.40 bits per heavy atom. The number of carbonyl (C=O) groups is 2. The van der Waals surface area contributed by atoms with E-state index in [1.165, 1.54) is 0 Å². The standard InChI is InChI=1S/C15H20O5/c1-9(7-11(17)18)5-6-15(19)13(2,3)8-10(16)12-14(15,4)20-12/h5-7,12,19H,8H2,1-4H3,(H,17,18)/b6-5+,9-7-/t12-,14-,15+/m1/s1. The van der Waals surface area contributed by atoms with E-state index in [1.807, 2.05) is 13.8 Å². The van der Waals surface area contributed by atoms with Gasteiger partial charge in [-0.15, -0.1) is 0 Å². The van der Waals surface area contributed by atoms with Gasteiger partial charge in [0.15, 0.2) is 5.78 Å². The maximum Gasteiger partial charge on any atom is 0.328 e. The Balaban J connectivity index is 2.35. The van der Waals surface area contributed by atoms with Crippen LogP contribution in [0.15, 0.2) is 23.8 Å². The molecule has 3 atom stereocenters.